The van der Waals surface area contributed by atoms with Crippen molar-refractivity contribution in [2.75, 3.05) is 0 Å². The number of benzene rings is 1. The summed E-state index contributed by atoms with van der Waals surface area (Å²) in [5.74, 6) is -1.76. The Bertz CT molecular complexity index is 950. The van der Waals surface area contributed by atoms with Gasteiger partial charge in [0.2, 0.25) is 15.7 Å². The van der Waals surface area contributed by atoms with Crippen LogP contribution in [0.25, 0.3) is 0 Å². The van der Waals surface area contributed by atoms with Crippen LogP contribution in [-0.2, 0) is 10.0 Å². The van der Waals surface area contributed by atoms with Gasteiger partial charge in [0.05, 0.1) is 4.90 Å². The van der Waals surface area contributed by atoms with E-state index in [1.807, 2.05) is 6.07 Å². The van der Waals surface area contributed by atoms with Gasteiger partial charge in [-0.2, -0.15) is 5.26 Å². The van der Waals surface area contributed by atoms with E-state index in [9.17, 15) is 17.2 Å². The molecular weight excluding hydrogens is 378 g/mol. The number of sulfonamides is 1. The van der Waals surface area contributed by atoms with Crippen molar-refractivity contribution in [2.24, 2.45) is 0 Å². The van der Waals surface area contributed by atoms with Gasteiger partial charge in [0.15, 0.2) is 0 Å². The van der Waals surface area contributed by atoms with Crippen molar-refractivity contribution in [3.63, 3.8) is 0 Å². The maximum Gasteiger partial charge on any atom is 0.251 e. The first-order valence-corrected chi connectivity index (χ1v) is 9.72. The molecule has 1 heterocycles. The molecule has 0 spiro atoms. The highest BCUT2D eigenvalue weighted by Crippen LogP contribution is 2.25. The highest BCUT2D eigenvalue weighted by Gasteiger charge is 2.28. The number of hydrogen-bond donors (Lipinski definition) is 1. The Labute approximate surface area is 155 Å². The zero-order valence-corrected chi connectivity index (χ0v) is 14.9. The van der Waals surface area contributed by atoms with Gasteiger partial charge in [-0.05, 0) is 37.8 Å². The van der Waals surface area contributed by atoms with Crippen LogP contribution in [-0.4, -0.2) is 30.5 Å². The number of aromatic nitrogens is 2. The van der Waals surface area contributed by atoms with Crippen molar-refractivity contribution in [1.29, 1.82) is 5.26 Å². The van der Waals surface area contributed by atoms with E-state index in [0.29, 0.717) is 31.7 Å². The van der Waals surface area contributed by atoms with Gasteiger partial charge in [0.1, 0.15) is 23.8 Å². The van der Waals surface area contributed by atoms with Gasteiger partial charge in [0, 0.05) is 24.5 Å². The first-order valence-electron chi connectivity index (χ1n) is 8.23. The third-order valence-corrected chi connectivity index (χ3v) is 5.69. The van der Waals surface area contributed by atoms with Crippen molar-refractivity contribution in [1.82, 2.24) is 14.7 Å². The molecule has 0 saturated heterocycles. The van der Waals surface area contributed by atoms with Crippen LogP contribution >= 0.6 is 0 Å². The molecule has 1 fully saturated rings. The smallest absolute Gasteiger partial charge is 0.251 e. The molecule has 1 N–H and O–H groups in total. The third-order valence-electron chi connectivity index (χ3n) is 4.19. The van der Waals surface area contributed by atoms with Gasteiger partial charge in [-0.3, -0.25) is 0 Å². The van der Waals surface area contributed by atoms with Gasteiger partial charge < -0.3 is 4.74 Å². The predicted molar refractivity (Wildman–Crippen MR) is 90.1 cm³/mol. The second-order valence-electron chi connectivity index (χ2n) is 6.14. The quantitative estimate of drug-likeness (QED) is 0.834. The fraction of sp³-hybridized carbons (Fsp3) is 0.353. The number of ether oxygens (including phenoxy) is 1. The van der Waals surface area contributed by atoms with Crippen molar-refractivity contribution in [3.8, 4) is 11.9 Å². The van der Waals surface area contributed by atoms with Crippen LogP contribution in [0.1, 0.15) is 31.4 Å². The maximum absolute atomic E-state index is 13.3. The maximum atomic E-state index is 13.3. The summed E-state index contributed by atoms with van der Waals surface area (Å²) in [5, 5.41) is 9.00. The van der Waals surface area contributed by atoms with Gasteiger partial charge in [0.25, 0.3) is 5.88 Å². The molecular formula is C17H16F2N4O3S. The molecule has 0 bridgehead atoms. The second-order valence-corrected chi connectivity index (χ2v) is 7.85. The molecule has 2 aromatic rings. The number of halogens is 2. The van der Waals surface area contributed by atoms with Crippen LogP contribution in [0.5, 0.6) is 5.88 Å². The molecule has 10 heteroatoms. The lowest BCUT2D eigenvalue weighted by Crippen LogP contribution is -2.39. The Morgan fingerprint density at radius 3 is 2.33 bits per heavy atom. The summed E-state index contributed by atoms with van der Waals surface area (Å²) in [6.45, 7) is 0. The van der Waals surface area contributed by atoms with E-state index in [2.05, 4.69) is 14.7 Å². The molecule has 27 heavy (non-hydrogen) atoms. The van der Waals surface area contributed by atoms with Crippen LogP contribution in [0.2, 0.25) is 0 Å². The number of nitrogens with one attached hydrogen (secondary N) is 1. The lowest BCUT2D eigenvalue weighted by atomic mass is 9.94. The minimum absolute atomic E-state index is 0.0912. The molecule has 1 aromatic heterocycles. The molecule has 7 nitrogen and oxygen atoms in total. The lowest BCUT2D eigenvalue weighted by Gasteiger charge is -2.29. The Morgan fingerprint density at radius 2 is 1.70 bits per heavy atom. The van der Waals surface area contributed by atoms with Crippen LogP contribution < -0.4 is 9.46 Å². The van der Waals surface area contributed by atoms with E-state index in [1.165, 1.54) is 12.4 Å². The predicted octanol–water partition coefficient (Wildman–Crippen LogP) is 2.29. The van der Waals surface area contributed by atoms with E-state index in [4.69, 9.17) is 10.00 Å². The minimum atomic E-state index is -4.03. The summed E-state index contributed by atoms with van der Waals surface area (Å²) in [7, 11) is -4.03. The summed E-state index contributed by atoms with van der Waals surface area (Å²) in [5.41, 5.74) is 0.0912. The monoisotopic (exact) mass is 394 g/mol. The molecule has 1 saturated carbocycles. The fourth-order valence-corrected chi connectivity index (χ4v) is 4.26. The van der Waals surface area contributed by atoms with E-state index < -0.39 is 26.6 Å². The topological polar surface area (TPSA) is 105 Å². The van der Waals surface area contributed by atoms with E-state index in [0.717, 1.165) is 12.1 Å². The van der Waals surface area contributed by atoms with Crippen LogP contribution in [0.3, 0.4) is 0 Å². The van der Waals surface area contributed by atoms with Crippen LogP contribution in [0, 0.1) is 23.0 Å². The standard InChI is InChI=1S/C17H16F2N4O3S/c18-11-7-12(19)9-15(8-11)27(24,25)23-13-1-3-14(4-2-13)26-17-16(10-20)21-5-6-22-17/h5-9,13-14,23H,1-4H2. The summed E-state index contributed by atoms with van der Waals surface area (Å²) in [6, 6.07) is 3.69. The van der Waals surface area contributed by atoms with Crippen molar-refractivity contribution in [3.05, 3.63) is 47.9 Å². The first kappa shape index (κ1) is 19.1. The SMILES string of the molecule is N#Cc1nccnc1OC1CCC(NS(=O)(=O)c2cc(F)cc(F)c2)CC1. The van der Waals surface area contributed by atoms with E-state index in [-0.39, 0.29) is 23.7 Å². The molecule has 0 amide bonds. The largest absolute Gasteiger partial charge is 0.472 e. The molecule has 1 aliphatic carbocycles. The average Bonchev–Trinajstić information content (AvgIpc) is 2.63. The van der Waals surface area contributed by atoms with Gasteiger partial charge in [-0.15, -0.1) is 0 Å². The zero-order valence-electron chi connectivity index (χ0n) is 14.1. The molecule has 0 unspecified atom stereocenters. The van der Waals surface area contributed by atoms with Gasteiger partial charge >= 0.3 is 0 Å². The Kier molecular flexibility index (Phi) is 5.62. The first-order chi connectivity index (χ1) is 12.9. The number of rotatable bonds is 5. The normalized spacial score (nSPS) is 20.0. The molecule has 0 radical (unpaired) electrons. The highest BCUT2D eigenvalue weighted by atomic mass is 32.2. The molecule has 1 aliphatic rings. The molecule has 1 aromatic carbocycles. The lowest BCUT2D eigenvalue weighted by molar-refractivity contribution is 0.137. The second kappa shape index (κ2) is 7.94. The molecule has 142 valence electrons. The van der Waals surface area contributed by atoms with E-state index >= 15 is 0 Å². The van der Waals surface area contributed by atoms with Gasteiger partial charge in [-0.25, -0.2) is 31.9 Å². The summed E-state index contributed by atoms with van der Waals surface area (Å²) < 4.78 is 59.4. The molecule has 0 aliphatic heterocycles. The summed E-state index contributed by atoms with van der Waals surface area (Å²) >= 11 is 0. The van der Waals surface area contributed by atoms with Gasteiger partial charge in [-0.1, -0.05) is 0 Å². The fourth-order valence-electron chi connectivity index (χ4n) is 2.92. The third kappa shape index (κ3) is 4.75. The highest BCUT2D eigenvalue weighted by molar-refractivity contribution is 7.89. The van der Waals surface area contributed by atoms with Crippen molar-refractivity contribution >= 4 is 10.0 Å². The Hall–Kier alpha value is -2.64. The van der Waals surface area contributed by atoms with Crippen LogP contribution in [0.4, 0.5) is 8.78 Å². The Balaban J connectivity index is 1.60. The van der Waals surface area contributed by atoms with Crippen molar-refractivity contribution in [2.45, 2.75) is 42.7 Å². The number of nitrogens with zero attached hydrogens (tertiary/aromatic N) is 3. The summed E-state index contributed by atoms with van der Waals surface area (Å²) in [4.78, 5) is 7.41. The van der Waals surface area contributed by atoms with Crippen molar-refractivity contribution < 1.29 is 21.9 Å². The average molecular weight is 394 g/mol. The summed E-state index contributed by atoms with van der Waals surface area (Å²) in [6.07, 6.45) is 4.62. The number of hydrogen-bond acceptors (Lipinski definition) is 6. The van der Waals surface area contributed by atoms with E-state index in [1.54, 1.807) is 0 Å². The zero-order chi connectivity index (χ0) is 19.4. The molecule has 0 atom stereocenters. The Morgan fingerprint density at radius 1 is 1.07 bits per heavy atom. The van der Waals surface area contributed by atoms with Crippen LogP contribution in [0.15, 0.2) is 35.5 Å². The minimum Gasteiger partial charge on any atom is -0.472 e. The molecule has 3 rings (SSSR count). The number of nitriles is 1.